The second-order valence-electron chi connectivity index (χ2n) is 4.22. The van der Waals surface area contributed by atoms with Crippen LogP contribution in [0.3, 0.4) is 0 Å². The molecule has 1 fully saturated rings. The number of guanidine groups is 1. The number of amides is 2. The SMILES string of the molecule is N=C(N)NCCC[C@@H]1CC[C@H](C(N)=O)NC1=O. The van der Waals surface area contributed by atoms with Crippen molar-refractivity contribution < 1.29 is 9.59 Å². The number of carbonyl (C=O) groups excluding carboxylic acids is 2. The second-order valence-corrected chi connectivity index (χ2v) is 4.22. The van der Waals surface area contributed by atoms with Gasteiger partial charge >= 0.3 is 0 Å². The number of carbonyl (C=O) groups is 2. The minimum absolute atomic E-state index is 0.0631. The lowest BCUT2D eigenvalue weighted by atomic mass is 9.90. The summed E-state index contributed by atoms with van der Waals surface area (Å²) in [5.74, 6) is -0.718. The highest BCUT2D eigenvalue weighted by Crippen LogP contribution is 2.19. The highest BCUT2D eigenvalue weighted by molar-refractivity contribution is 5.88. The molecular weight excluding hydrogens is 222 g/mol. The summed E-state index contributed by atoms with van der Waals surface area (Å²) >= 11 is 0. The Bertz CT molecular complexity index is 318. The van der Waals surface area contributed by atoms with Crippen molar-refractivity contribution in [3.8, 4) is 0 Å². The predicted octanol–water partition coefficient (Wildman–Crippen LogP) is -1.37. The number of rotatable bonds is 5. The quantitative estimate of drug-likeness (QED) is 0.230. The molecule has 1 rings (SSSR count). The average Bonchev–Trinajstić information content (AvgIpc) is 2.25. The number of hydrogen-bond acceptors (Lipinski definition) is 3. The van der Waals surface area contributed by atoms with E-state index in [4.69, 9.17) is 16.9 Å². The summed E-state index contributed by atoms with van der Waals surface area (Å²) in [6, 6.07) is -0.519. The summed E-state index contributed by atoms with van der Waals surface area (Å²) < 4.78 is 0. The Labute approximate surface area is 99.8 Å². The minimum atomic E-state index is -0.519. The fraction of sp³-hybridized carbons (Fsp3) is 0.700. The van der Waals surface area contributed by atoms with Gasteiger partial charge in [-0.25, -0.2) is 0 Å². The maximum atomic E-state index is 11.6. The van der Waals surface area contributed by atoms with Crippen LogP contribution in [-0.2, 0) is 9.59 Å². The van der Waals surface area contributed by atoms with Crippen molar-refractivity contribution in [1.82, 2.24) is 10.6 Å². The molecule has 1 heterocycles. The molecule has 2 atom stereocenters. The van der Waals surface area contributed by atoms with Crippen molar-refractivity contribution in [2.24, 2.45) is 17.4 Å². The molecule has 0 aromatic carbocycles. The van der Waals surface area contributed by atoms with E-state index < -0.39 is 11.9 Å². The molecule has 0 aliphatic carbocycles. The first-order chi connectivity index (χ1) is 8.00. The van der Waals surface area contributed by atoms with E-state index >= 15 is 0 Å². The van der Waals surface area contributed by atoms with Crippen molar-refractivity contribution in [3.05, 3.63) is 0 Å². The van der Waals surface area contributed by atoms with Crippen molar-refractivity contribution >= 4 is 17.8 Å². The van der Waals surface area contributed by atoms with Crippen molar-refractivity contribution in [3.63, 3.8) is 0 Å². The van der Waals surface area contributed by atoms with E-state index in [2.05, 4.69) is 10.6 Å². The smallest absolute Gasteiger partial charge is 0.240 e. The van der Waals surface area contributed by atoms with E-state index in [1.807, 2.05) is 0 Å². The lowest BCUT2D eigenvalue weighted by molar-refractivity contribution is -0.132. The van der Waals surface area contributed by atoms with Crippen LogP contribution in [0.1, 0.15) is 25.7 Å². The standard InChI is InChI=1S/C10H19N5O2/c11-8(16)7-4-3-6(9(17)15-7)2-1-5-14-10(12)13/h6-7H,1-5H2,(H2,11,16)(H,15,17)(H4,12,13,14)/t6-,7-/m1/s1. The average molecular weight is 241 g/mol. The molecule has 7 N–H and O–H groups in total. The van der Waals surface area contributed by atoms with Crippen LogP contribution in [0.2, 0.25) is 0 Å². The first-order valence-corrected chi connectivity index (χ1v) is 5.68. The Morgan fingerprint density at radius 3 is 2.71 bits per heavy atom. The monoisotopic (exact) mass is 241 g/mol. The fourth-order valence-corrected chi connectivity index (χ4v) is 1.92. The van der Waals surface area contributed by atoms with Gasteiger partial charge in [0.2, 0.25) is 11.8 Å². The van der Waals surface area contributed by atoms with E-state index in [-0.39, 0.29) is 17.8 Å². The molecule has 17 heavy (non-hydrogen) atoms. The zero-order valence-electron chi connectivity index (χ0n) is 9.66. The van der Waals surface area contributed by atoms with Gasteiger partial charge in [-0.05, 0) is 25.7 Å². The van der Waals surface area contributed by atoms with Crippen LogP contribution in [0, 0.1) is 11.3 Å². The van der Waals surface area contributed by atoms with Gasteiger partial charge in [0.05, 0.1) is 0 Å². The highest BCUT2D eigenvalue weighted by atomic mass is 16.2. The Balaban J connectivity index is 2.25. The van der Waals surface area contributed by atoms with E-state index in [9.17, 15) is 9.59 Å². The molecule has 0 radical (unpaired) electrons. The molecule has 0 saturated carbocycles. The maximum Gasteiger partial charge on any atom is 0.240 e. The summed E-state index contributed by atoms with van der Waals surface area (Å²) in [5.41, 5.74) is 10.3. The first kappa shape index (κ1) is 13.3. The molecule has 7 heteroatoms. The van der Waals surface area contributed by atoms with Crippen LogP contribution in [0.25, 0.3) is 0 Å². The van der Waals surface area contributed by atoms with E-state index in [0.29, 0.717) is 19.4 Å². The van der Waals surface area contributed by atoms with Gasteiger partial charge in [-0.15, -0.1) is 0 Å². The van der Waals surface area contributed by atoms with E-state index in [1.54, 1.807) is 0 Å². The van der Waals surface area contributed by atoms with Gasteiger partial charge in [-0.3, -0.25) is 15.0 Å². The van der Waals surface area contributed by atoms with Crippen molar-refractivity contribution in [2.45, 2.75) is 31.7 Å². The third-order valence-corrected chi connectivity index (χ3v) is 2.88. The topological polar surface area (TPSA) is 134 Å². The molecule has 0 bridgehead atoms. The Morgan fingerprint density at radius 1 is 1.47 bits per heavy atom. The Kier molecular flexibility index (Phi) is 4.74. The molecule has 1 aliphatic rings. The largest absolute Gasteiger partial charge is 0.370 e. The van der Waals surface area contributed by atoms with Crippen LogP contribution in [0.4, 0.5) is 0 Å². The molecule has 0 aromatic rings. The van der Waals surface area contributed by atoms with Crippen LogP contribution < -0.4 is 22.1 Å². The number of primary amides is 1. The normalized spacial score (nSPS) is 23.9. The van der Waals surface area contributed by atoms with Crippen molar-refractivity contribution in [1.29, 1.82) is 5.41 Å². The van der Waals surface area contributed by atoms with Gasteiger partial charge in [-0.2, -0.15) is 0 Å². The van der Waals surface area contributed by atoms with Gasteiger partial charge in [0.1, 0.15) is 6.04 Å². The Morgan fingerprint density at radius 2 is 2.18 bits per heavy atom. The minimum Gasteiger partial charge on any atom is -0.370 e. The molecule has 0 spiro atoms. The lowest BCUT2D eigenvalue weighted by Crippen LogP contribution is -2.50. The molecule has 7 nitrogen and oxygen atoms in total. The van der Waals surface area contributed by atoms with E-state index in [0.717, 1.165) is 12.8 Å². The third kappa shape index (κ3) is 4.29. The number of piperidine rings is 1. The lowest BCUT2D eigenvalue weighted by Gasteiger charge is -2.27. The van der Waals surface area contributed by atoms with Crippen LogP contribution >= 0.6 is 0 Å². The summed E-state index contributed by atoms with van der Waals surface area (Å²) in [4.78, 5) is 22.5. The molecule has 96 valence electrons. The van der Waals surface area contributed by atoms with Gasteiger partial charge in [0, 0.05) is 12.5 Å². The Hall–Kier alpha value is -1.79. The molecule has 0 unspecified atom stereocenters. The molecule has 0 aromatic heterocycles. The van der Waals surface area contributed by atoms with Crippen LogP contribution in [0.15, 0.2) is 0 Å². The molecule has 1 aliphatic heterocycles. The van der Waals surface area contributed by atoms with Gasteiger partial charge < -0.3 is 22.1 Å². The van der Waals surface area contributed by atoms with Gasteiger partial charge in [0.25, 0.3) is 0 Å². The summed E-state index contributed by atoms with van der Waals surface area (Å²) in [7, 11) is 0. The third-order valence-electron chi connectivity index (χ3n) is 2.88. The summed E-state index contributed by atoms with van der Waals surface area (Å²) in [6.45, 7) is 0.582. The molecule has 2 amide bonds. The maximum absolute atomic E-state index is 11.6. The predicted molar refractivity (Wildman–Crippen MR) is 63.0 cm³/mol. The summed E-state index contributed by atoms with van der Waals surface area (Å²) in [5, 5.41) is 12.3. The molecule has 1 saturated heterocycles. The number of nitrogens with one attached hydrogen (secondary N) is 3. The fourth-order valence-electron chi connectivity index (χ4n) is 1.92. The summed E-state index contributed by atoms with van der Waals surface area (Å²) in [6.07, 6.45) is 2.77. The highest BCUT2D eigenvalue weighted by Gasteiger charge is 2.29. The number of hydrogen-bond donors (Lipinski definition) is 5. The van der Waals surface area contributed by atoms with Crippen LogP contribution in [-0.4, -0.2) is 30.4 Å². The second kappa shape index (κ2) is 6.07. The van der Waals surface area contributed by atoms with Crippen molar-refractivity contribution in [2.75, 3.05) is 6.54 Å². The van der Waals surface area contributed by atoms with Crippen LogP contribution in [0.5, 0.6) is 0 Å². The molecular formula is C10H19N5O2. The zero-order chi connectivity index (χ0) is 12.8. The van der Waals surface area contributed by atoms with Gasteiger partial charge in [0.15, 0.2) is 5.96 Å². The van der Waals surface area contributed by atoms with E-state index in [1.165, 1.54) is 0 Å². The van der Waals surface area contributed by atoms with Gasteiger partial charge in [-0.1, -0.05) is 0 Å². The zero-order valence-corrected chi connectivity index (χ0v) is 9.66. The number of nitrogens with two attached hydrogens (primary N) is 2. The first-order valence-electron chi connectivity index (χ1n) is 5.68.